The second-order valence-electron chi connectivity index (χ2n) is 6.43. The zero-order valence-corrected chi connectivity index (χ0v) is 14.0. The van der Waals surface area contributed by atoms with Gasteiger partial charge in [-0.2, -0.15) is 0 Å². The molecule has 2 aromatic carbocycles. The lowest BCUT2D eigenvalue weighted by Crippen LogP contribution is -2.26. The van der Waals surface area contributed by atoms with Gasteiger partial charge in [0.15, 0.2) is 34.8 Å². The Kier molecular flexibility index (Phi) is 5.46. The largest absolute Gasteiger partial charge is 0.487 e. The predicted octanol–water partition coefficient (Wildman–Crippen LogP) is 5.24. The molecule has 0 amide bonds. The summed E-state index contributed by atoms with van der Waals surface area (Å²) in [7, 11) is 0. The van der Waals surface area contributed by atoms with Crippen LogP contribution in [0.25, 0.3) is 0 Å². The zero-order chi connectivity index (χ0) is 18.8. The molecule has 2 aromatic rings. The van der Waals surface area contributed by atoms with Gasteiger partial charge in [-0.25, -0.2) is 22.0 Å². The van der Waals surface area contributed by atoms with Gasteiger partial charge in [0.05, 0.1) is 19.3 Å². The summed E-state index contributed by atoms with van der Waals surface area (Å²) in [6.07, 6.45) is 0.432. The summed E-state index contributed by atoms with van der Waals surface area (Å²) in [5.74, 6) is -6.14. The van der Waals surface area contributed by atoms with Gasteiger partial charge in [0.25, 0.3) is 0 Å². The molecule has 0 radical (unpaired) electrons. The summed E-state index contributed by atoms with van der Waals surface area (Å²) >= 11 is 0. The van der Waals surface area contributed by atoms with Crippen molar-refractivity contribution in [3.63, 3.8) is 0 Å². The zero-order valence-electron chi connectivity index (χ0n) is 14.0. The van der Waals surface area contributed by atoms with E-state index in [1.54, 1.807) is 6.92 Å². The van der Waals surface area contributed by atoms with Gasteiger partial charge in [0.2, 0.25) is 0 Å². The Balaban J connectivity index is 1.58. The van der Waals surface area contributed by atoms with E-state index in [0.29, 0.717) is 18.4 Å². The molecule has 0 aromatic heterocycles. The molecule has 140 valence electrons. The molecule has 0 bridgehead atoms. The first-order valence-electron chi connectivity index (χ1n) is 8.19. The van der Waals surface area contributed by atoms with Gasteiger partial charge in [0, 0.05) is 5.92 Å². The average molecular weight is 372 g/mol. The molecule has 1 fully saturated rings. The summed E-state index contributed by atoms with van der Waals surface area (Å²) in [5.41, 5.74) is 0.673. The van der Waals surface area contributed by atoms with Crippen LogP contribution in [0.3, 0.4) is 0 Å². The van der Waals surface area contributed by atoms with Crippen LogP contribution in [0.2, 0.25) is 0 Å². The van der Waals surface area contributed by atoms with Gasteiger partial charge in [-0.05, 0) is 55.2 Å². The third kappa shape index (κ3) is 3.98. The van der Waals surface area contributed by atoms with Gasteiger partial charge in [-0.15, -0.1) is 0 Å². The quantitative estimate of drug-likeness (QED) is 0.540. The highest BCUT2D eigenvalue weighted by atomic mass is 19.2. The Morgan fingerprint density at radius 1 is 0.923 bits per heavy atom. The summed E-state index contributed by atoms with van der Waals surface area (Å²) in [5, 5.41) is 0. The fraction of sp³-hybridized carbons (Fsp3) is 0.368. The number of halogens is 5. The first-order valence-corrected chi connectivity index (χ1v) is 8.19. The number of benzene rings is 2. The van der Waals surface area contributed by atoms with E-state index >= 15 is 0 Å². The molecule has 0 aliphatic carbocycles. The standard InChI is InChI=1S/C19H17F5O2/c1-10-4-15(22)19(16(23)5-10)26-9-11-2-3-17(25-8-11)12-6-13(20)18(24)14(21)7-12/h4-7,11,17H,2-3,8-9H2,1H3. The Morgan fingerprint density at radius 2 is 1.54 bits per heavy atom. The second kappa shape index (κ2) is 7.61. The lowest BCUT2D eigenvalue weighted by atomic mass is 9.95. The molecule has 1 aliphatic heterocycles. The third-order valence-corrected chi connectivity index (χ3v) is 4.35. The van der Waals surface area contributed by atoms with Crippen LogP contribution in [-0.2, 0) is 4.74 Å². The van der Waals surface area contributed by atoms with Crippen LogP contribution in [0.5, 0.6) is 5.75 Å². The van der Waals surface area contributed by atoms with Crippen LogP contribution < -0.4 is 4.74 Å². The second-order valence-corrected chi connectivity index (χ2v) is 6.43. The number of hydrogen-bond acceptors (Lipinski definition) is 2. The highest BCUT2D eigenvalue weighted by Gasteiger charge is 2.26. The number of aryl methyl sites for hydroxylation is 1. The van der Waals surface area contributed by atoms with Crippen LogP contribution in [0, 0.1) is 41.9 Å². The Labute approximate surface area is 147 Å². The summed E-state index contributed by atoms with van der Waals surface area (Å²) in [6.45, 7) is 1.82. The molecular weight excluding hydrogens is 355 g/mol. The van der Waals surface area contributed by atoms with Crippen molar-refractivity contribution in [1.29, 1.82) is 0 Å². The van der Waals surface area contributed by atoms with Crippen molar-refractivity contribution in [2.24, 2.45) is 5.92 Å². The van der Waals surface area contributed by atoms with Crippen LogP contribution in [0.4, 0.5) is 22.0 Å². The first-order chi connectivity index (χ1) is 12.3. The predicted molar refractivity (Wildman–Crippen MR) is 84.3 cm³/mol. The van der Waals surface area contributed by atoms with E-state index in [9.17, 15) is 22.0 Å². The van der Waals surface area contributed by atoms with Crippen molar-refractivity contribution in [2.75, 3.05) is 13.2 Å². The minimum atomic E-state index is -1.52. The molecule has 2 nitrogen and oxygen atoms in total. The summed E-state index contributed by atoms with van der Waals surface area (Å²) in [4.78, 5) is 0. The molecular formula is C19H17F5O2. The third-order valence-electron chi connectivity index (χ3n) is 4.35. The van der Waals surface area contributed by atoms with E-state index < -0.39 is 40.9 Å². The number of rotatable bonds is 4. The minimum absolute atomic E-state index is 0.0514. The minimum Gasteiger partial charge on any atom is -0.487 e. The van der Waals surface area contributed by atoms with Gasteiger partial charge in [-0.3, -0.25) is 0 Å². The first kappa shape index (κ1) is 18.6. The summed E-state index contributed by atoms with van der Waals surface area (Å²) in [6, 6.07) is 4.20. The van der Waals surface area contributed by atoms with Crippen molar-refractivity contribution >= 4 is 0 Å². The van der Waals surface area contributed by atoms with Crippen LogP contribution >= 0.6 is 0 Å². The van der Waals surface area contributed by atoms with E-state index in [0.717, 1.165) is 12.1 Å². The lowest BCUT2D eigenvalue weighted by molar-refractivity contribution is -0.0294. The fourth-order valence-corrected chi connectivity index (χ4v) is 2.99. The maximum atomic E-state index is 13.8. The van der Waals surface area contributed by atoms with Gasteiger partial charge in [0.1, 0.15) is 0 Å². The van der Waals surface area contributed by atoms with E-state index in [2.05, 4.69) is 0 Å². The Bertz CT molecular complexity index is 755. The fourth-order valence-electron chi connectivity index (χ4n) is 2.99. The average Bonchev–Trinajstić information content (AvgIpc) is 2.59. The smallest absolute Gasteiger partial charge is 0.194 e. The van der Waals surface area contributed by atoms with Gasteiger partial charge < -0.3 is 9.47 Å². The topological polar surface area (TPSA) is 18.5 Å². The van der Waals surface area contributed by atoms with Gasteiger partial charge >= 0.3 is 0 Å². The van der Waals surface area contributed by atoms with Crippen molar-refractivity contribution in [3.05, 3.63) is 64.5 Å². The van der Waals surface area contributed by atoms with Crippen molar-refractivity contribution in [2.45, 2.75) is 25.9 Å². The molecule has 2 unspecified atom stereocenters. The number of hydrogen-bond donors (Lipinski definition) is 0. The Morgan fingerprint density at radius 3 is 2.08 bits per heavy atom. The van der Waals surface area contributed by atoms with Crippen LogP contribution in [-0.4, -0.2) is 13.2 Å². The molecule has 26 heavy (non-hydrogen) atoms. The normalized spacial score (nSPS) is 20.2. The molecule has 0 spiro atoms. The van der Waals surface area contributed by atoms with Gasteiger partial charge in [-0.1, -0.05) is 0 Å². The maximum absolute atomic E-state index is 13.8. The molecule has 0 saturated carbocycles. The molecule has 1 heterocycles. The highest BCUT2D eigenvalue weighted by Crippen LogP contribution is 2.33. The summed E-state index contributed by atoms with van der Waals surface area (Å²) < 4.78 is 78.0. The van der Waals surface area contributed by atoms with Crippen LogP contribution in [0.1, 0.15) is 30.1 Å². The lowest BCUT2D eigenvalue weighted by Gasteiger charge is -2.29. The van der Waals surface area contributed by atoms with Crippen molar-refractivity contribution < 1.29 is 31.4 Å². The van der Waals surface area contributed by atoms with E-state index in [1.807, 2.05) is 0 Å². The highest BCUT2D eigenvalue weighted by molar-refractivity contribution is 5.30. The van der Waals surface area contributed by atoms with Crippen molar-refractivity contribution in [1.82, 2.24) is 0 Å². The molecule has 1 saturated heterocycles. The number of ether oxygens (including phenoxy) is 2. The van der Waals surface area contributed by atoms with E-state index in [-0.39, 0.29) is 24.7 Å². The van der Waals surface area contributed by atoms with Crippen LogP contribution in [0.15, 0.2) is 24.3 Å². The molecule has 0 N–H and O–H groups in total. The van der Waals surface area contributed by atoms with E-state index in [1.165, 1.54) is 12.1 Å². The molecule has 3 rings (SSSR count). The monoisotopic (exact) mass is 372 g/mol. The molecule has 1 aliphatic rings. The van der Waals surface area contributed by atoms with E-state index in [4.69, 9.17) is 9.47 Å². The molecule has 2 atom stereocenters. The molecule has 7 heteroatoms. The maximum Gasteiger partial charge on any atom is 0.194 e. The Hall–Kier alpha value is -2.15. The van der Waals surface area contributed by atoms with Crippen molar-refractivity contribution in [3.8, 4) is 5.75 Å². The SMILES string of the molecule is Cc1cc(F)c(OCC2CCC(c3cc(F)c(F)c(F)c3)OC2)c(F)c1.